The Kier molecular flexibility index (Phi) is 5.55. The average molecular weight is 431 g/mol. The van der Waals surface area contributed by atoms with E-state index >= 15 is 0 Å². The maximum atomic E-state index is 13.4. The van der Waals surface area contributed by atoms with E-state index < -0.39 is 35.0 Å². The molecule has 2 N–H and O–H groups in total. The van der Waals surface area contributed by atoms with Gasteiger partial charge in [0.15, 0.2) is 0 Å². The Morgan fingerprint density at radius 1 is 1.24 bits per heavy atom. The third kappa shape index (κ3) is 4.35. The van der Waals surface area contributed by atoms with Crippen LogP contribution in [0.15, 0.2) is 42.5 Å². The Balaban J connectivity index is 1.74. The minimum atomic E-state index is -4.60. The number of alkyl halides is 3. The maximum absolute atomic E-state index is 13.4. The van der Waals surface area contributed by atoms with Gasteiger partial charge in [-0.05, 0) is 42.0 Å². The Bertz CT molecular complexity index is 946. The SMILES string of the molecule is O=C(NCc1cc(F)cc(Cl)c1)C1(O)CCN(c2cccc(C(F)(F)F)c2)C1=O. The zero-order valence-corrected chi connectivity index (χ0v) is 15.5. The molecule has 2 aromatic rings. The molecule has 154 valence electrons. The van der Waals surface area contributed by atoms with Gasteiger partial charge in [-0.3, -0.25) is 9.59 Å². The molecule has 2 amide bonds. The van der Waals surface area contributed by atoms with Gasteiger partial charge >= 0.3 is 6.18 Å². The lowest BCUT2D eigenvalue weighted by molar-refractivity contribution is -0.149. The summed E-state index contributed by atoms with van der Waals surface area (Å²) >= 11 is 5.73. The molecule has 1 aliphatic rings. The Morgan fingerprint density at radius 3 is 2.62 bits per heavy atom. The quantitative estimate of drug-likeness (QED) is 0.578. The fourth-order valence-electron chi connectivity index (χ4n) is 3.05. The van der Waals surface area contributed by atoms with Crippen LogP contribution in [-0.4, -0.2) is 29.1 Å². The molecule has 0 radical (unpaired) electrons. The van der Waals surface area contributed by atoms with Crippen LogP contribution in [0, 0.1) is 5.82 Å². The number of carbonyl (C=O) groups excluding carboxylic acids is 2. The average Bonchev–Trinajstić information content (AvgIpc) is 2.94. The van der Waals surface area contributed by atoms with Crippen molar-refractivity contribution in [2.75, 3.05) is 11.4 Å². The number of benzene rings is 2. The molecular weight excluding hydrogens is 416 g/mol. The van der Waals surface area contributed by atoms with Gasteiger partial charge < -0.3 is 15.3 Å². The van der Waals surface area contributed by atoms with Crippen molar-refractivity contribution in [1.29, 1.82) is 0 Å². The molecule has 0 aliphatic carbocycles. The second kappa shape index (κ2) is 7.64. The van der Waals surface area contributed by atoms with E-state index in [4.69, 9.17) is 11.6 Å². The number of halogens is 5. The molecule has 1 saturated heterocycles. The Hall–Kier alpha value is -2.65. The summed E-state index contributed by atoms with van der Waals surface area (Å²) in [7, 11) is 0. The highest BCUT2D eigenvalue weighted by Gasteiger charge is 2.51. The van der Waals surface area contributed by atoms with Crippen molar-refractivity contribution in [1.82, 2.24) is 5.32 Å². The fourth-order valence-corrected chi connectivity index (χ4v) is 3.30. The molecule has 1 heterocycles. The van der Waals surface area contributed by atoms with Crippen LogP contribution >= 0.6 is 11.6 Å². The molecule has 1 atom stereocenters. The highest BCUT2D eigenvalue weighted by atomic mass is 35.5. The van der Waals surface area contributed by atoms with Crippen molar-refractivity contribution in [3.05, 3.63) is 64.4 Å². The first kappa shape index (κ1) is 21.1. The Labute approximate surface area is 167 Å². The van der Waals surface area contributed by atoms with Crippen molar-refractivity contribution in [2.45, 2.75) is 24.7 Å². The molecule has 29 heavy (non-hydrogen) atoms. The highest BCUT2D eigenvalue weighted by molar-refractivity contribution is 6.30. The summed E-state index contributed by atoms with van der Waals surface area (Å²) in [6.07, 6.45) is -4.91. The van der Waals surface area contributed by atoms with E-state index in [0.29, 0.717) is 5.56 Å². The van der Waals surface area contributed by atoms with Gasteiger partial charge in [0.1, 0.15) is 5.82 Å². The van der Waals surface area contributed by atoms with Crippen molar-refractivity contribution in [3.63, 3.8) is 0 Å². The number of hydrogen-bond donors (Lipinski definition) is 2. The Morgan fingerprint density at radius 2 is 1.97 bits per heavy atom. The molecule has 0 bridgehead atoms. The lowest BCUT2D eigenvalue weighted by atomic mass is 10.0. The van der Waals surface area contributed by atoms with Crippen LogP contribution in [0.5, 0.6) is 0 Å². The number of anilines is 1. The van der Waals surface area contributed by atoms with E-state index in [1.54, 1.807) is 0 Å². The summed E-state index contributed by atoms with van der Waals surface area (Å²) < 4.78 is 52.1. The van der Waals surface area contributed by atoms with Crippen LogP contribution in [0.1, 0.15) is 17.5 Å². The van der Waals surface area contributed by atoms with Crippen LogP contribution in [0.2, 0.25) is 5.02 Å². The van der Waals surface area contributed by atoms with Crippen LogP contribution in [0.3, 0.4) is 0 Å². The number of nitrogens with zero attached hydrogens (tertiary/aromatic N) is 1. The van der Waals surface area contributed by atoms with Gasteiger partial charge in [0.25, 0.3) is 11.8 Å². The molecule has 1 fully saturated rings. The highest BCUT2D eigenvalue weighted by Crippen LogP contribution is 2.34. The number of nitrogens with one attached hydrogen (secondary N) is 1. The molecule has 0 aromatic heterocycles. The summed E-state index contributed by atoms with van der Waals surface area (Å²) in [6, 6.07) is 7.65. The van der Waals surface area contributed by atoms with Gasteiger partial charge in [-0.1, -0.05) is 17.7 Å². The first-order valence-electron chi connectivity index (χ1n) is 8.45. The molecule has 0 spiro atoms. The summed E-state index contributed by atoms with van der Waals surface area (Å²) in [5.41, 5.74) is -3.16. The molecule has 10 heteroatoms. The standard InChI is InChI=1S/C19H15ClF4N2O3/c20-13-6-11(7-14(21)9-13)10-25-16(27)18(29)4-5-26(17(18)28)15-3-1-2-12(8-15)19(22,23)24/h1-3,6-9,29H,4-5,10H2,(H,25,27). The van der Waals surface area contributed by atoms with Crippen molar-refractivity contribution >= 4 is 29.1 Å². The first-order chi connectivity index (χ1) is 13.5. The van der Waals surface area contributed by atoms with Crippen LogP contribution in [0.4, 0.5) is 23.2 Å². The van der Waals surface area contributed by atoms with Crippen molar-refractivity contribution in [2.24, 2.45) is 0 Å². The van der Waals surface area contributed by atoms with E-state index in [1.165, 1.54) is 12.1 Å². The van der Waals surface area contributed by atoms with E-state index in [-0.39, 0.29) is 30.2 Å². The minimum Gasteiger partial charge on any atom is -0.372 e. The number of hydrogen-bond acceptors (Lipinski definition) is 3. The van der Waals surface area contributed by atoms with E-state index in [9.17, 15) is 32.3 Å². The topological polar surface area (TPSA) is 69.6 Å². The van der Waals surface area contributed by atoms with E-state index in [0.717, 1.165) is 35.2 Å². The largest absolute Gasteiger partial charge is 0.416 e. The third-order valence-electron chi connectivity index (χ3n) is 4.53. The molecule has 0 saturated carbocycles. The lowest BCUT2D eigenvalue weighted by Crippen LogP contribution is -2.52. The third-order valence-corrected chi connectivity index (χ3v) is 4.75. The zero-order chi connectivity index (χ0) is 21.4. The second-order valence-electron chi connectivity index (χ2n) is 6.58. The van der Waals surface area contributed by atoms with Gasteiger partial charge in [0.05, 0.1) is 5.56 Å². The molecular formula is C19H15ClF4N2O3. The number of carbonyl (C=O) groups is 2. The second-order valence-corrected chi connectivity index (χ2v) is 7.01. The number of aliphatic hydroxyl groups is 1. The van der Waals surface area contributed by atoms with Gasteiger partial charge in [-0.15, -0.1) is 0 Å². The van der Waals surface area contributed by atoms with Gasteiger partial charge in [-0.25, -0.2) is 4.39 Å². The van der Waals surface area contributed by atoms with Gasteiger partial charge in [0, 0.05) is 30.2 Å². The van der Waals surface area contributed by atoms with Crippen LogP contribution in [-0.2, 0) is 22.3 Å². The summed E-state index contributed by atoms with van der Waals surface area (Å²) in [4.78, 5) is 25.9. The molecule has 2 aromatic carbocycles. The predicted molar refractivity (Wildman–Crippen MR) is 96.6 cm³/mol. The normalized spacial score (nSPS) is 19.5. The van der Waals surface area contributed by atoms with E-state index in [2.05, 4.69) is 5.32 Å². The number of rotatable bonds is 4. The summed E-state index contributed by atoms with van der Waals surface area (Å²) in [5.74, 6) is -2.68. The zero-order valence-electron chi connectivity index (χ0n) is 14.8. The van der Waals surface area contributed by atoms with Crippen LogP contribution in [0.25, 0.3) is 0 Å². The number of amides is 2. The van der Waals surface area contributed by atoms with E-state index in [1.807, 2.05) is 0 Å². The molecule has 3 rings (SSSR count). The monoisotopic (exact) mass is 430 g/mol. The van der Waals surface area contributed by atoms with Crippen molar-refractivity contribution in [3.8, 4) is 0 Å². The summed E-state index contributed by atoms with van der Waals surface area (Å²) in [5, 5.41) is 13.0. The molecule has 1 aliphatic heterocycles. The molecule has 5 nitrogen and oxygen atoms in total. The fraction of sp³-hybridized carbons (Fsp3) is 0.263. The van der Waals surface area contributed by atoms with Crippen LogP contribution < -0.4 is 10.2 Å². The lowest BCUT2D eigenvalue weighted by Gasteiger charge is -2.22. The predicted octanol–water partition coefficient (Wildman–Crippen LogP) is 3.28. The smallest absolute Gasteiger partial charge is 0.372 e. The minimum absolute atomic E-state index is 0.0783. The van der Waals surface area contributed by atoms with Gasteiger partial charge in [0.2, 0.25) is 5.60 Å². The van der Waals surface area contributed by atoms with Crippen molar-refractivity contribution < 1.29 is 32.3 Å². The molecule has 1 unspecified atom stereocenters. The summed E-state index contributed by atoms with van der Waals surface area (Å²) in [6.45, 7) is -0.342. The maximum Gasteiger partial charge on any atom is 0.416 e. The first-order valence-corrected chi connectivity index (χ1v) is 8.83. The van der Waals surface area contributed by atoms with Gasteiger partial charge in [-0.2, -0.15) is 13.2 Å².